The molecule has 0 radical (unpaired) electrons. The van der Waals surface area contributed by atoms with Gasteiger partial charge in [-0.3, -0.25) is 0 Å². The second-order valence-corrected chi connectivity index (χ2v) is 5.46. The van der Waals surface area contributed by atoms with Gasteiger partial charge < -0.3 is 10.5 Å². The first-order valence-electron chi connectivity index (χ1n) is 5.88. The molecule has 1 rings (SSSR count). The number of rotatable bonds is 4. The van der Waals surface area contributed by atoms with E-state index in [9.17, 15) is 17.6 Å². The van der Waals surface area contributed by atoms with Crippen LogP contribution in [0.25, 0.3) is 0 Å². The number of nitrogen functional groups attached to an aromatic ring is 1. The fraction of sp³-hybridized carbons (Fsp3) is 0.667. The molecule has 1 aromatic rings. The van der Waals surface area contributed by atoms with Gasteiger partial charge in [0.05, 0.1) is 5.56 Å². The number of hydrogen-bond acceptors (Lipinski definition) is 4. The molecule has 20 heavy (non-hydrogen) atoms. The first-order chi connectivity index (χ1) is 8.95. The molecule has 0 aliphatic heterocycles. The van der Waals surface area contributed by atoms with Crippen molar-refractivity contribution < 1.29 is 22.3 Å². The summed E-state index contributed by atoms with van der Waals surface area (Å²) >= 11 is 0. The van der Waals surface area contributed by atoms with Crippen molar-refractivity contribution in [2.45, 2.75) is 45.5 Å². The Kier molecular flexibility index (Phi) is 4.45. The Hall–Kier alpha value is -1.60. The highest BCUT2D eigenvalue weighted by molar-refractivity contribution is 5.45. The highest BCUT2D eigenvalue weighted by Crippen LogP contribution is 2.28. The van der Waals surface area contributed by atoms with E-state index in [0.29, 0.717) is 0 Å². The Morgan fingerprint density at radius 1 is 1.20 bits per heavy atom. The first-order valence-corrected chi connectivity index (χ1v) is 5.88. The number of ether oxygens (including phenoxy) is 1. The zero-order valence-electron chi connectivity index (χ0n) is 11.7. The summed E-state index contributed by atoms with van der Waals surface area (Å²) in [4.78, 5) is 8.01. The van der Waals surface area contributed by atoms with Crippen LogP contribution in [0.5, 0.6) is 5.88 Å². The minimum atomic E-state index is -4.24. The van der Waals surface area contributed by atoms with Crippen molar-refractivity contribution in [3.05, 3.63) is 11.4 Å². The van der Waals surface area contributed by atoms with Crippen LogP contribution in [0.2, 0.25) is 0 Å². The SMILES string of the molecule is Cc1c(N)nc(C(C)(C)C)nc1OCC(F)(F)C(F)F. The van der Waals surface area contributed by atoms with Gasteiger partial charge in [0, 0.05) is 5.41 Å². The molecule has 0 fully saturated rings. The third-order valence-electron chi connectivity index (χ3n) is 2.53. The molecular formula is C12H17F4N3O. The average molecular weight is 295 g/mol. The molecule has 0 spiro atoms. The van der Waals surface area contributed by atoms with Crippen molar-refractivity contribution in [2.75, 3.05) is 12.3 Å². The van der Waals surface area contributed by atoms with Crippen LogP contribution in [0.15, 0.2) is 0 Å². The lowest BCUT2D eigenvalue weighted by Gasteiger charge is -2.20. The zero-order valence-corrected chi connectivity index (χ0v) is 11.7. The normalized spacial score (nSPS) is 12.8. The molecule has 114 valence electrons. The van der Waals surface area contributed by atoms with Gasteiger partial charge in [-0.25, -0.2) is 13.8 Å². The van der Waals surface area contributed by atoms with Gasteiger partial charge in [0.25, 0.3) is 0 Å². The van der Waals surface area contributed by atoms with Crippen molar-refractivity contribution in [3.8, 4) is 5.88 Å². The number of hydrogen-bond donors (Lipinski definition) is 1. The minimum absolute atomic E-state index is 0.0697. The van der Waals surface area contributed by atoms with Crippen molar-refractivity contribution in [1.29, 1.82) is 0 Å². The summed E-state index contributed by atoms with van der Waals surface area (Å²) in [5.74, 6) is -4.09. The predicted molar refractivity (Wildman–Crippen MR) is 66.3 cm³/mol. The maximum atomic E-state index is 12.8. The molecule has 0 amide bonds. The highest BCUT2D eigenvalue weighted by Gasteiger charge is 2.42. The molecule has 0 saturated carbocycles. The van der Waals surface area contributed by atoms with Gasteiger partial charge in [0.2, 0.25) is 5.88 Å². The minimum Gasteiger partial charge on any atom is -0.471 e. The van der Waals surface area contributed by atoms with Crippen LogP contribution in [0.3, 0.4) is 0 Å². The molecular weight excluding hydrogens is 278 g/mol. The highest BCUT2D eigenvalue weighted by atomic mass is 19.3. The summed E-state index contributed by atoms with van der Waals surface area (Å²) in [5.41, 5.74) is 5.41. The Morgan fingerprint density at radius 3 is 2.20 bits per heavy atom. The van der Waals surface area contributed by atoms with Crippen molar-refractivity contribution in [3.63, 3.8) is 0 Å². The Bertz CT molecular complexity index is 486. The van der Waals surface area contributed by atoms with Crippen molar-refractivity contribution in [1.82, 2.24) is 9.97 Å². The number of anilines is 1. The lowest BCUT2D eigenvalue weighted by molar-refractivity contribution is -0.148. The van der Waals surface area contributed by atoms with E-state index < -0.39 is 24.4 Å². The summed E-state index contributed by atoms with van der Waals surface area (Å²) in [6.07, 6.45) is -3.80. The molecule has 0 aromatic carbocycles. The largest absolute Gasteiger partial charge is 0.471 e. The summed E-state index contributed by atoms with van der Waals surface area (Å²) in [6.45, 7) is 5.40. The monoisotopic (exact) mass is 295 g/mol. The van der Waals surface area contributed by atoms with Crippen molar-refractivity contribution in [2.24, 2.45) is 0 Å². The summed E-state index contributed by atoms with van der Waals surface area (Å²) in [5, 5.41) is 0. The number of nitrogens with zero attached hydrogens (tertiary/aromatic N) is 2. The van der Waals surface area contributed by atoms with Crippen LogP contribution >= 0.6 is 0 Å². The van der Waals surface area contributed by atoms with Crippen LogP contribution in [-0.4, -0.2) is 28.9 Å². The topological polar surface area (TPSA) is 61.0 Å². The van der Waals surface area contributed by atoms with Gasteiger partial charge in [-0.1, -0.05) is 20.8 Å². The van der Waals surface area contributed by atoms with Crippen LogP contribution in [0, 0.1) is 6.92 Å². The molecule has 1 heterocycles. The Morgan fingerprint density at radius 2 is 1.75 bits per heavy atom. The number of aromatic nitrogens is 2. The lowest BCUT2D eigenvalue weighted by Crippen LogP contribution is -2.34. The van der Waals surface area contributed by atoms with E-state index >= 15 is 0 Å². The lowest BCUT2D eigenvalue weighted by atomic mass is 9.95. The molecule has 0 aliphatic carbocycles. The standard InChI is InChI=1S/C12H17F4N3O/c1-6-7(17)18-10(11(2,3)4)19-8(6)20-5-12(15,16)9(13)14/h9H,5H2,1-4H3,(H2,17,18,19). The van der Waals surface area contributed by atoms with E-state index in [1.807, 2.05) is 0 Å². The summed E-state index contributed by atoms with van der Waals surface area (Å²) in [7, 11) is 0. The summed E-state index contributed by atoms with van der Waals surface area (Å²) < 4.78 is 54.6. The van der Waals surface area contributed by atoms with E-state index in [2.05, 4.69) is 9.97 Å². The second-order valence-electron chi connectivity index (χ2n) is 5.46. The van der Waals surface area contributed by atoms with E-state index in [1.54, 1.807) is 20.8 Å². The fourth-order valence-corrected chi connectivity index (χ4v) is 1.22. The quantitative estimate of drug-likeness (QED) is 0.868. The van der Waals surface area contributed by atoms with Gasteiger partial charge >= 0.3 is 12.3 Å². The van der Waals surface area contributed by atoms with E-state index in [-0.39, 0.29) is 23.1 Å². The van der Waals surface area contributed by atoms with Gasteiger partial charge in [-0.05, 0) is 6.92 Å². The number of halogens is 4. The van der Waals surface area contributed by atoms with Gasteiger partial charge in [0.15, 0.2) is 6.61 Å². The second kappa shape index (κ2) is 5.41. The van der Waals surface area contributed by atoms with Crippen LogP contribution in [0.1, 0.15) is 32.2 Å². The van der Waals surface area contributed by atoms with Crippen molar-refractivity contribution >= 4 is 5.82 Å². The molecule has 0 atom stereocenters. The smallest absolute Gasteiger partial charge is 0.340 e. The van der Waals surface area contributed by atoms with Gasteiger partial charge in [0.1, 0.15) is 11.6 Å². The molecule has 1 aromatic heterocycles. The average Bonchev–Trinajstić information content (AvgIpc) is 2.29. The molecule has 8 heteroatoms. The van der Waals surface area contributed by atoms with Gasteiger partial charge in [-0.15, -0.1) is 0 Å². The van der Waals surface area contributed by atoms with E-state index in [0.717, 1.165) is 0 Å². The maximum absolute atomic E-state index is 12.8. The zero-order chi connectivity index (χ0) is 15.7. The predicted octanol–water partition coefficient (Wildman–Crippen LogP) is 2.94. The Labute approximate surface area is 114 Å². The van der Waals surface area contributed by atoms with E-state index in [4.69, 9.17) is 10.5 Å². The molecule has 0 unspecified atom stereocenters. The van der Waals surface area contributed by atoms with Crippen LogP contribution in [-0.2, 0) is 5.41 Å². The molecule has 0 bridgehead atoms. The first kappa shape index (κ1) is 16.5. The van der Waals surface area contributed by atoms with Gasteiger partial charge in [-0.2, -0.15) is 13.8 Å². The fourth-order valence-electron chi connectivity index (χ4n) is 1.22. The van der Waals surface area contributed by atoms with E-state index in [1.165, 1.54) is 6.92 Å². The Balaban J connectivity index is 3.04. The number of alkyl halides is 4. The number of nitrogens with two attached hydrogens (primary N) is 1. The van der Waals surface area contributed by atoms with Crippen LogP contribution < -0.4 is 10.5 Å². The third kappa shape index (κ3) is 3.71. The maximum Gasteiger partial charge on any atom is 0.340 e. The third-order valence-corrected chi connectivity index (χ3v) is 2.53. The molecule has 0 saturated heterocycles. The molecule has 4 nitrogen and oxygen atoms in total. The van der Waals surface area contributed by atoms with Crippen LogP contribution in [0.4, 0.5) is 23.4 Å². The molecule has 2 N–H and O–H groups in total. The summed E-state index contributed by atoms with van der Waals surface area (Å²) in [6, 6.07) is 0. The molecule has 0 aliphatic rings.